The largest absolute Gasteiger partial charge is 0.338 e. The molecule has 2 saturated heterocycles. The van der Waals surface area contributed by atoms with Crippen molar-refractivity contribution in [3.63, 3.8) is 0 Å². The Bertz CT molecular complexity index is 1100. The molecule has 2 aliphatic heterocycles. The fraction of sp³-hybridized carbons (Fsp3) is 0.696. The molecule has 1 aromatic rings. The molecule has 0 bridgehead atoms. The van der Waals surface area contributed by atoms with Gasteiger partial charge in [0.1, 0.15) is 0 Å². The summed E-state index contributed by atoms with van der Waals surface area (Å²) in [7, 11) is -6.64. The Morgan fingerprint density at radius 2 is 1.79 bits per heavy atom. The molecule has 0 N–H and O–H groups in total. The zero-order valence-corrected chi connectivity index (χ0v) is 21.2. The standard InChI is InChI=1S/C23H35N3O5S2/c1-3-26(21-10-15-32(28,29)17-21)23(27)18(2)24-11-13-25(14-12-24)33(30,31)22-9-8-19-6-4-5-7-20(19)16-22/h8-9,16,18,21H,3-7,10-15,17H2,1-2H3/t18-,21-/m0/s1. The second-order valence-electron chi connectivity index (χ2n) is 9.43. The fourth-order valence-electron chi connectivity index (χ4n) is 5.36. The Kier molecular flexibility index (Phi) is 7.19. The molecule has 2 fully saturated rings. The topological polar surface area (TPSA) is 95.1 Å². The van der Waals surface area contributed by atoms with Crippen molar-refractivity contribution >= 4 is 25.8 Å². The first-order chi connectivity index (χ1) is 15.6. The Morgan fingerprint density at radius 1 is 1.12 bits per heavy atom. The second-order valence-corrected chi connectivity index (χ2v) is 13.6. The van der Waals surface area contributed by atoms with E-state index in [9.17, 15) is 21.6 Å². The van der Waals surface area contributed by atoms with E-state index in [0.717, 1.165) is 31.2 Å². The summed E-state index contributed by atoms with van der Waals surface area (Å²) in [6.45, 7) is 5.79. The highest BCUT2D eigenvalue weighted by atomic mass is 32.2. The van der Waals surface area contributed by atoms with Crippen LogP contribution in [0.15, 0.2) is 23.1 Å². The van der Waals surface area contributed by atoms with Crippen LogP contribution in [0.4, 0.5) is 0 Å². The van der Waals surface area contributed by atoms with Crippen molar-refractivity contribution in [3.8, 4) is 0 Å². The summed E-state index contributed by atoms with van der Waals surface area (Å²) in [6.07, 6.45) is 4.69. The van der Waals surface area contributed by atoms with E-state index < -0.39 is 25.9 Å². The number of nitrogens with zero attached hydrogens (tertiary/aromatic N) is 3. The highest BCUT2D eigenvalue weighted by Crippen LogP contribution is 2.27. The number of sulfonamides is 1. The minimum absolute atomic E-state index is 0.0338. The zero-order valence-electron chi connectivity index (χ0n) is 19.6. The summed E-state index contributed by atoms with van der Waals surface area (Å²) in [4.78, 5) is 17.2. The van der Waals surface area contributed by atoms with E-state index in [0.29, 0.717) is 44.0 Å². The Morgan fingerprint density at radius 3 is 2.39 bits per heavy atom. The number of benzene rings is 1. The minimum Gasteiger partial charge on any atom is -0.338 e. The van der Waals surface area contributed by atoms with E-state index in [1.807, 2.05) is 30.9 Å². The number of sulfone groups is 1. The molecule has 0 saturated carbocycles. The van der Waals surface area contributed by atoms with Crippen LogP contribution in [-0.2, 0) is 37.5 Å². The molecule has 10 heteroatoms. The molecule has 1 aromatic carbocycles. The third-order valence-electron chi connectivity index (χ3n) is 7.41. The number of amides is 1. The molecule has 0 unspecified atom stereocenters. The Balaban J connectivity index is 1.39. The van der Waals surface area contributed by atoms with Gasteiger partial charge in [-0.05, 0) is 69.2 Å². The maximum atomic E-state index is 13.2. The van der Waals surface area contributed by atoms with E-state index in [4.69, 9.17) is 0 Å². The molecule has 33 heavy (non-hydrogen) atoms. The molecule has 184 valence electrons. The quantitative estimate of drug-likeness (QED) is 0.588. The first-order valence-electron chi connectivity index (χ1n) is 12.0. The molecular weight excluding hydrogens is 462 g/mol. The smallest absolute Gasteiger partial charge is 0.243 e. The van der Waals surface area contributed by atoms with Crippen LogP contribution < -0.4 is 0 Å². The van der Waals surface area contributed by atoms with Gasteiger partial charge in [-0.1, -0.05) is 6.07 Å². The van der Waals surface area contributed by atoms with Crippen molar-refractivity contribution < 1.29 is 21.6 Å². The number of piperazine rings is 1. The van der Waals surface area contributed by atoms with Crippen molar-refractivity contribution in [1.82, 2.24) is 14.1 Å². The van der Waals surface area contributed by atoms with Crippen LogP contribution in [0.2, 0.25) is 0 Å². The van der Waals surface area contributed by atoms with Gasteiger partial charge in [-0.25, -0.2) is 16.8 Å². The van der Waals surface area contributed by atoms with Gasteiger partial charge in [0.2, 0.25) is 15.9 Å². The number of hydrogen-bond donors (Lipinski definition) is 0. The number of rotatable bonds is 6. The van der Waals surface area contributed by atoms with Gasteiger partial charge in [0.05, 0.1) is 22.4 Å². The van der Waals surface area contributed by atoms with E-state index in [-0.39, 0.29) is 23.5 Å². The Labute approximate surface area is 197 Å². The van der Waals surface area contributed by atoms with Crippen molar-refractivity contribution in [1.29, 1.82) is 0 Å². The summed E-state index contributed by atoms with van der Waals surface area (Å²) < 4.78 is 51.8. The van der Waals surface area contributed by atoms with Gasteiger partial charge in [0, 0.05) is 38.8 Å². The van der Waals surface area contributed by atoms with E-state index >= 15 is 0 Å². The molecule has 4 rings (SSSR count). The van der Waals surface area contributed by atoms with Gasteiger partial charge in [-0.3, -0.25) is 9.69 Å². The number of aryl methyl sites for hydroxylation is 2. The molecule has 2 atom stereocenters. The van der Waals surface area contributed by atoms with Crippen molar-refractivity contribution in [3.05, 3.63) is 29.3 Å². The average molecular weight is 498 g/mol. The van der Waals surface area contributed by atoms with Gasteiger partial charge in [0.25, 0.3) is 0 Å². The number of hydrogen-bond acceptors (Lipinski definition) is 6. The first-order valence-corrected chi connectivity index (χ1v) is 15.3. The monoisotopic (exact) mass is 497 g/mol. The van der Waals surface area contributed by atoms with Gasteiger partial charge in [-0.2, -0.15) is 4.31 Å². The lowest BCUT2D eigenvalue weighted by Gasteiger charge is -2.39. The van der Waals surface area contributed by atoms with E-state index in [1.165, 1.54) is 9.87 Å². The minimum atomic E-state index is -3.57. The molecular formula is C23H35N3O5S2. The van der Waals surface area contributed by atoms with Gasteiger partial charge >= 0.3 is 0 Å². The van der Waals surface area contributed by atoms with Crippen molar-refractivity contribution in [2.45, 2.75) is 62.9 Å². The lowest BCUT2D eigenvalue weighted by molar-refractivity contribution is -0.138. The van der Waals surface area contributed by atoms with Gasteiger partial charge in [-0.15, -0.1) is 0 Å². The van der Waals surface area contributed by atoms with Gasteiger partial charge < -0.3 is 4.90 Å². The lowest BCUT2D eigenvalue weighted by Crippen LogP contribution is -2.56. The van der Waals surface area contributed by atoms with Crippen LogP contribution in [0.5, 0.6) is 0 Å². The predicted octanol–water partition coefficient (Wildman–Crippen LogP) is 1.30. The van der Waals surface area contributed by atoms with E-state index in [2.05, 4.69) is 0 Å². The zero-order chi connectivity index (χ0) is 23.8. The van der Waals surface area contributed by atoms with Crippen LogP contribution in [0.3, 0.4) is 0 Å². The number of likely N-dealkylation sites (N-methyl/N-ethyl adjacent to an activating group) is 1. The maximum Gasteiger partial charge on any atom is 0.243 e. The fourth-order valence-corrected chi connectivity index (χ4v) is 8.57. The summed E-state index contributed by atoms with van der Waals surface area (Å²) in [6, 6.07) is 4.85. The highest BCUT2D eigenvalue weighted by molar-refractivity contribution is 7.91. The first kappa shape index (κ1) is 24.6. The van der Waals surface area contributed by atoms with Crippen molar-refractivity contribution in [2.24, 2.45) is 0 Å². The molecule has 3 aliphatic rings. The van der Waals surface area contributed by atoms with E-state index in [1.54, 1.807) is 11.0 Å². The maximum absolute atomic E-state index is 13.2. The van der Waals surface area contributed by atoms with Crippen LogP contribution >= 0.6 is 0 Å². The molecule has 0 aromatic heterocycles. The Hall–Kier alpha value is -1.49. The molecule has 0 spiro atoms. The van der Waals surface area contributed by atoms with Crippen LogP contribution in [-0.4, -0.2) is 93.2 Å². The summed E-state index contributed by atoms with van der Waals surface area (Å²) in [5.41, 5.74) is 2.40. The van der Waals surface area contributed by atoms with Crippen LogP contribution in [0.25, 0.3) is 0 Å². The number of carbonyl (C=O) groups excluding carboxylic acids is 1. The van der Waals surface area contributed by atoms with Crippen molar-refractivity contribution in [2.75, 3.05) is 44.2 Å². The molecule has 8 nitrogen and oxygen atoms in total. The predicted molar refractivity (Wildman–Crippen MR) is 127 cm³/mol. The molecule has 1 amide bonds. The third kappa shape index (κ3) is 5.13. The second kappa shape index (κ2) is 9.64. The van der Waals surface area contributed by atoms with Crippen LogP contribution in [0.1, 0.15) is 44.2 Å². The average Bonchev–Trinajstić information content (AvgIpc) is 3.17. The molecule has 1 aliphatic carbocycles. The normalized spacial score (nSPS) is 24.8. The van der Waals surface area contributed by atoms with Gasteiger partial charge in [0.15, 0.2) is 9.84 Å². The molecule has 0 radical (unpaired) electrons. The SMILES string of the molecule is CCN(C(=O)[C@H](C)N1CCN(S(=O)(=O)c2ccc3c(c2)CCCC3)CC1)[C@H]1CCS(=O)(=O)C1. The van der Waals surface area contributed by atoms with Crippen LogP contribution in [0, 0.1) is 0 Å². The third-order valence-corrected chi connectivity index (χ3v) is 11.1. The lowest BCUT2D eigenvalue weighted by atomic mass is 9.92. The highest BCUT2D eigenvalue weighted by Gasteiger charge is 2.38. The summed E-state index contributed by atoms with van der Waals surface area (Å²) >= 11 is 0. The molecule has 2 heterocycles. The summed E-state index contributed by atoms with van der Waals surface area (Å²) in [5.74, 6) is 0.0897. The number of carbonyl (C=O) groups is 1. The number of fused-ring (bicyclic) bond motifs is 1. The summed E-state index contributed by atoms with van der Waals surface area (Å²) in [5, 5.41) is 0.